The number of rotatable bonds is 5. The highest BCUT2D eigenvalue weighted by Crippen LogP contribution is 2.20. The Morgan fingerprint density at radius 3 is 2.69 bits per heavy atom. The SMILES string of the molecule is CN1CCCCC1N(C)C(=O)c1ccc(-n2[nH]cc(-c3ccc(CC#N)cc3)c2=O)nc1. The van der Waals surface area contributed by atoms with Crippen molar-refractivity contribution in [3.8, 4) is 23.0 Å². The van der Waals surface area contributed by atoms with Gasteiger partial charge < -0.3 is 4.90 Å². The van der Waals surface area contributed by atoms with Crippen LogP contribution in [-0.2, 0) is 6.42 Å². The van der Waals surface area contributed by atoms with Gasteiger partial charge in [-0.05, 0) is 56.1 Å². The van der Waals surface area contributed by atoms with Crippen molar-refractivity contribution in [3.05, 3.63) is 70.3 Å². The van der Waals surface area contributed by atoms with Crippen LogP contribution in [0.25, 0.3) is 16.9 Å². The minimum Gasteiger partial charge on any atom is -0.326 e. The van der Waals surface area contributed by atoms with E-state index >= 15 is 0 Å². The molecular formula is C24H26N6O2. The summed E-state index contributed by atoms with van der Waals surface area (Å²) in [6, 6.07) is 12.8. The molecule has 0 saturated carbocycles. The zero-order chi connectivity index (χ0) is 22.7. The molecule has 1 aromatic carbocycles. The van der Waals surface area contributed by atoms with Crippen LogP contribution in [0, 0.1) is 11.3 Å². The van der Waals surface area contributed by atoms with Crippen molar-refractivity contribution in [3.63, 3.8) is 0 Å². The summed E-state index contributed by atoms with van der Waals surface area (Å²) in [5.74, 6) is 0.330. The highest BCUT2D eigenvalue weighted by Gasteiger charge is 2.27. The fourth-order valence-corrected chi connectivity index (χ4v) is 4.17. The summed E-state index contributed by atoms with van der Waals surface area (Å²) in [7, 11) is 3.87. The maximum atomic E-state index is 12.9. The van der Waals surface area contributed by atoms with Crippen LogP contribution < -0.4 is 5.56 Å². The van der Waals surface area contributed by atoms with E-state index < -0.39 is 0 Å². The molecule has 4 rings (SSSR count). The minimum absolute atomic E-state index is 0.0835. The van der Waals surface area contributed by atoms with Gasteiger partial charge in [-0.1, -0.05) is 24.3 Å². The molecule has 0 bridgehead atoms. The Bertz CT molecular complexity index is 1190. The van der Waals surface area contributed by atoms with E-state index in [0.29, 0.717) is 23.4 Å². The Morgan fingerprint density at radius 1 is 1.25 bits per heavy atom. The zero-order valence-corrected chi connectivity index (χ0v) is 18.3. The Labute approximate surface area is 186 Å². The number of likely N-dealkylation sites (tertiary alicyclic amines) is 1. The van der Waals surface area contributed by atoms with Gasteiger partial charge in [0.25, 0.3) is 11.5 Å². The summed E-state index contributed by atoms with van der Waals surface area (Å²) < 4.78 is 1.35. The lowest BCUT2D eigenvalue weighted by Crippen LogP contribution is -2.49. The number of carbonyl (C=O) groups excluding carboxylic acids is 1. The second-order valence-corrected chi connectivity index (χ2v) is 8.14. The molecule has 1 aliphatic heterocycles. The Balaban J connectivity index is 1.53. The lowest BCUT2D eigenvalue weighted by atomic mass is 10.1. The third kappa shape index (κ3) is 4.20. The molecule has 0 radical (unpaired) electrons. The van der Waals surface area contributed by atoms with Gasteiger partial charge in [0.15, 0.2) is 5.82 Å². The normalized spacial score (nSPS) is 16.5. The molecule has 2 aromatic heterocycles. The average Bonchev–Trinajstić information content (AvgIpc) is 3.20. The van der Waals surface area contributed by atoms with E-state index in [1.165, 1.54) is 10.9 Å². The number of piperidine rings is 1. The van der Waals surface area contributed by atoms with Gasteiger partial charge in [-0.15, -0.1) is 0 Å². The number of aromatic amines is 1. The Kier molecular flexibility index (Phi) is 6.19. The Morgan fingerprint density at radius 2 is 2.03 bits per heavy atom. The first kappa shape index (κ1) is 21.5. The maximum Gasteiger partial charge on any atom is 0.280 e. The van der Waals surface area contributed by atoms with Gasteiger partial charge >= 0.3 is 0 Å². The molecule has 1 atom stereocenters. The Hall–Kier alpha value is -3.70. The van der Waals surface area contributed by atoms with Crippen molar-refractivity contribution >= 4 is 5.91 Å². The van der Waals surface area contributed by atoms with Crippen molar-refractivity contribution in [2.75, 3.05) is 20.6 Å². The van der Waals surface area contributed by atoms with E-state index in [9.17, 15) is 9.59 Å². The summed E-state index contributed by atoms with van der Waals surface area (Å²) in [5.41, 5.74) is 2.43. The summed E-state index contributed by atoms with van der Waals surface area (Å²) in [6.07, 6.45) is 6.80. The molecule has 1 amide bonds. The fraction of sp³-hybridized carbons (Fsp3) is 0.333. The van der Waals surface area contributed by atoms with E-state index in [4.69, 9.17) is 5.26 Å². The highest BCUT2D eigenvalue weighted by atomic mass is 16.2. The number of nitrogens with one attached hydrogen (secondary N) is 1. The van der Waals surface area contributed by atoms with E-state index in [2.05, 4.69) is 21.1 Å². The topological polar surface area (TPSA) is 98.0 Å². The molecule has 8 heteroatoms. The van der Waals surface area contributed by atoms with E-state index in [1.54, 1.807) is 23.2 Å². The predicted octanol–water partition coefficient (Wildman–Crippen LogP) is 2.81. The van der Waals surface area contributed by atoms with Crippen molar-refractivity contribution in [1.82, 2.24) is 24.6 Å². The standard InChI is InChI=1S/C24H26N6O2/c1-28-14-4-3-5-22(28)29(2)23(31)19-10-11-21(26-15-19)30-24(32)20(16-27-30)18-8-6-17(7-9-18)12-13-25/h6-11,15-16,22,27H,3-5,12,14H2,1-2H3. The van der Waals surface area contributed by atoms with Crippen molar-refractivity contribution < 1.29 is 4.79 Å². The predicted molar refractivity (Wildman–Crippen MR) is 121 cm³/mol. The van der Waals surface area contributed by atoms with Crippen LogP contribution in [0.5, 0.6) is 0 Å². The molecule has 1 N–H and O–H groups in total. The van der Waals surface area contributed by atoms with Gasteiger partial charge in [0.05, 0.1) is 29.8 Å². The molecule has 1 fully saturated rings. The molecule has 1 aliphatic rings. The number of hydrogen-bond donors (Lipinski definition) is 1. The van der Waals surface area contributed by atoms with Crippen LogP contribution in [0.3, 0.4) is 0 Å². The molecule has 0 aliphatic carbocycles. The van der Waals surface area contributed by atoms with Crippen LogP contribution in [0.1, 0.15) is 35.2 Å². The summed E-state index contributed by atoms with van der Waals surface area (Å²) >= 11 is 0. The van der Waals surface area contributed by atoms with E-state index in [-0.39, 0.29) is 17.6 Å². The van der Waals surface area contributed by atoms with Crippen molar-refractivity contribution in [2.24, 2.45) is 0 Å². The zero-order valence-electron chi connectivity index (χ0n) is 18.3. The number of carbonyl (C=O) groups is 1. The van der Waals surface area contributed by atoms with Crippen LogP contribution >= 0.6 is 0 Å². The highest BCUT2D eigenvalue weighted by molar-refractivity contribution is 5.94. The number of nitriles is 1. The number of hydrogen-bond acceptors (Lipinski definition) is 5. The molecule has 32 heavy (non-hydrogen) atoms. The van der Waals surface area contributed by atoms with Crippen molar-refractivity contribution in [2.45, 2.75) is 31.8 Å². The fourth-order valence-electron chi connectivity index (χ4n) is 4.17. The first-order valence-electron chi connectivity index (χ1n) is 10.7. The molecule has 1 saturated heterocycles. The number of nitrogens with zero attached hydrogens (tertiary/aromatic N) is 5. The number of aromatic nitrogens is 3. The van der Waals surface area contributed by atoms with Crippen LogP contribution in [0.4, 0.5) is 0 Å². The molecular weight excluding hydrogens is 404 g/mol. The number of amides is 1. The second-order valence-electron chi connectivity index (χ2n) is 8.14. The lowest BCUT2D eigenvalue weighted by Gasteiger charge is -2.38. The average molecular weight is 431 g/mol. The van der Waals surface area contributed by atoms with Gasteiger partial charge in [-0.3, -0.25) is 19.6 Å². The van der Waals surface area contributed by atoms with Crippen molar-refractivity contribution in [1.29, 1.82) is 5.26 Å². The van der Waals surface area contributed by atoms with Crippen LogP contribution in [0.15, 0.2) is 53.6 Å². The third-order valence-electron chi connectivity index (χ3n) is 6.04. The number of H-pyrrole nitrogens is 1. The monoisotopic (exact) mass is 430 g/mol. The first-order chi connectivity index (χ1) is 15.5. The number of benzene rings is 1. The largest absolute Gasteiger partial charge is 0.326 e. The lowest BCUT2D eigenvalue weighted by molar-refractivity contribution is 0.0357. The van der Waals surface area contributed by atoms with E-state index in [1.807, 2.05) is 38.4 Å². The molecule has 8 nitrogen and oxygen atoms in total. The van der Waals surface area contributed by atoms with Gasteiger partial charge in [0, 0.05) is 19.4 Å². The van der Waals surface area contributed by atoms with Gasteiger partial charge in [0.1, 0.15) is 0 Å². The van der Waals surface area contributed by atoms with Gasteiger partial charge in [-0.25, -0.2) is 9.67 Å². The molecule has 164 valence electrons. The minimum atomic E-state index is -0.231. The molecule has 0 spiro atoms. The smallest absolute Gasteiger partial charge is 0.280 e. The quantitative estimate of drug-likeness (QED) is 0.671. The molecule has 1 unspecified atom stereocenters. The maximum absolute atomic E-state index is 12.9. The van der Waals surface area contributed by atoms with Gasteiger partial charge in [0.2, 0.25) is 0 Å². The molecule has 3 aromatic rings. The molecule has 3 heterocycles. The van der Waals surface area contributed by atoms with Crippen LogP contribution in [0.2, 0.25) is 0 Å². The second kappa shape index (κ2) is 9.20. The summed E-state index contributed by atoms with van der Waals surface area (Å²) in [6.45, 7) is 0.985. The number of pyridine rings is 1. The van der Waals surface area contributed by atoms with Gasteiger partial charge in [-0.2, -0.15) is 5.26 Å². The van der Waals surface area contributed by atoms with Crippen LogP contribution in [-0.4, -0.2) is 57.3 Å². The third-order valence-corrected chi connectivity index (χ3v) is 6.04. The summed E-state index contributed by atoms with van der Waals surface area (Å²) in [4.78, 5) is 34.2. The van der Waals surface area contributed by atoms with E-state index in [0.717, 1.165) is 36.9 Å². The summed E-state index contributed by atoms with van der Waals surface area (Å²) in [5, 5.41) is 11.7. The first-order valence-corrected chi connectivity index (χ1v) is 10.7.